The van der Waals surface area contributed by atoms with Gasteiger partial charge in [-0.25, -0.2) is 4.79 Å². The topological polar surface area (TPSA) is 358 Å². The van der Waals surface area contributed by atoms with E-state index in [1.165, 1.54) is 6.92 Å². The highest BCUT2D eigenvalue weighted by Crippen LogP contribution is 2.07. The summed E-state index contributed by atoms with van der Waals surface area (Å²) in [6, 6.07) is -7.79. The maximum atomic E-state index is 13.4. The molecule has 0 aromatic heterocycles. The van der Waals surface area contributed by atoms with E-state index in [-0.39, 0.29) is 31.9 Å². The van der Waals surface area contributed by atoms with Crippen LogP contribution in [0.15, 0.2) is 16.9 Å². The van der Waals surface area contributed by atoms with Crippen LogP contribution in [0.2, 0.25) is 0 Å². The maximum absolute atomic E-state index is 13.4. The zero-order valence-corrected chi connectivity index (χ0v) is 25.4. The number of hydrogen-bond donors (Lipinski definition) is 13. The molecule has 8 amide bonds. The number of amides is 8. The molecule has 0 radical (unpaired) electrons. The molecule has 18 N–H and O–H groups in total. The van der Waals surface area contributed by atoms with Crippen LogP contribution in [0.5, 0.6) is 0 Å². The van der Waals surface area contributed by atoms with E-state index in [0.717, 1.165) is 6.20 Å². The molecule has 2 heterocycles. The van der Waals surface area contributed by atoms with Gasteiger partial charge in [0, 0.05) is 38.3 Å². The molecular weight excluding hydrogens is 608 g/mol. The van der Waals surface area contributed by atoms with E-state index >= 15 is 0 Å². The van der Waals surface area contributed by atoms with E-state index < -0.39 is 90.0 Å². The zero-order chi connectivity index (χ0) is 34.4. The fourth-order valence-corrected chi connectivity index (χ4v) is 4.28. The van der Waals surface area contributed by atoms with Crippen molar-refractivity contribution in [2.24, 2.45) is 33.7 Å². The second-order valence-electron chi connectivity index (χ2n) is 10.7. The Morgan fingerprint density at radius 1 is 1.04 bits per heavy atom. The normalized spacial score (nSPS) is 26.6. The number of urea groups is 1. The highest BCUT2D eigenvalue weighted by molar-refractivity contribution is 6.02. The number of nitrogens with zero attached hydrogens (tertiary/aromatic N) is 1. The molecule has 2 aliphatic heterocycles. The summed E-state index contributed by atoms with van der Waals surface area (Å²) in [5.41, 5.74) is 27.7. The molecule has 1 saturated heterocycles. The third-order valence-electron chi connectivity index (χ3n) is 6.84. The van der Waals surface area contributed by atoms with Gasteiger partial charge in [0.25, 0.3) is 5.91 Å². The molecule has 256 valence electrons. The van der Waals surface area contributed by atoms with Crippen LogP contribution >= 0.6 is 0 Å². The first-order valence-corrected chi connectivity index (χ1v) is 14.5. The molecular formula is C25H44N14O7. The summed E-state index contributed by atoms with van der Waals surface area (Å²) in [5.74, 6) is -5.04. The van der Waals surface area contributed by atoms with Crippen LogP contribution in [-0.2, 0) is 28.8 Å². The fraction of sp³-hybridized carbons (Fsp3) is 0.600. The highest BCUT2D eigenvalue weighted by atomic mass is 16.2. The van der Waals surface area contributed by atoms with E-state index in [2.05, 4.69) is 47.5 Å². The van der Waals surface area contributed by atoms with Gasteiger partial charge in [0.2, 0.25) is 29.5 Å². The number of primary amides is 1. The molecule has 0 unspecified atom stereocenters. The minimum absolute atomic E-state index is 0.0101. The summed E-state index contributed by atoms with van der Waals surface area (Å²) in [5, 5.41) is 19.4. The Bertz CT molecular complexity index is 1230. The predicted molar refractivity (Wildman–Crippen MR) is 163 cm³/mol. The Hall–Kier alpha value is -5.02. The average Bonchev–Trinajstić information content (AvgIpc) is 3.00. The molecule has 0 aliphatic carbocycles. The van der Waals surface area contributed by atoms with Crippen LogP contribution < -0.4 is 71.2 Å². The van der Waals surface area contributed by atoms with E-state index in [1.54, 1.807) is 0 Å². The summed E-state index contributed by atoms with van der Waals surface area (Å²) in [6.45, 7) is 1.08. The number of nitrogens with two attached hydrogens (primary N) is 5. The summed E-state index contributed by atoms with van der Waals surface area (Å²) in [6.07, 6.45) is 2.01. The number of rotatable bonds is 9. The number of carbonyl (C=O) groups is 7. The number of hydrogen-bond acceptors (Lipinski definition) is 13. The molecule has 46 heavy (non-hydrogen) atoms. The van der Waals surface area contributed by atoms with Gasteiger partial charge >= 0.3 is 6.03 Å². The van der Waals surface area contributed by atoms with Gasteiger partial charge in [-0.15, -0.1) is 0 Å². The molecule has 0 aromatic rings. The third kappa shape index (κ3) is 12.2. The van der Waals surface area contributed by atoms with Crippen LogP contribution in [-0.4, -0.2) is 110 Å². The largest absolute Gasteiger partial charge is 0.370 e. The van der Waals surface area contributed by atoms with Crippen molar-refractivity contribution in [2.45, 2.75) is 68.9 Å². The molecule has 21 nitrogen and oxygen atoms in total. The molecule has 0 bridgehead atoms. The molecule has 6 atom stereocenters. The quantitative estimate of drug-likeness (QED) is 0.103. The minimum Gasteiger partial charge on any atom is -0.370 e. The van der Waals surface area contributed by atoms with Gasteiger partial charge in [0.15, 0.2) is 5.96 Å². The predicted octanol–water partition coefficient (Wildman–Crippen LogP) is -7.21. The van der Waals surface area contributed by atoms with Crippen LogP contribution in [0, 0.1) is 0 Å². The fourth-order valence-electron chi connectivity index (χ4n) is 4.28. The smallest absolute Gasteiger partial charge is 0.316 e. The summed E-state index contributed by atoms with van der Waals surface area (Å²) >= 11 is 0. The van der Waals surface area contributed by atoms with Gasteiger partial charge in [-0.3, -0.25) is 33.8 Å². The molecule has 0 spiro atoms. The Balaban J connectivity index is 2.42. The van der Waals surface area contributed by atoms with Gasteiger partial charge in [-0.2, -0.15) is 0 Å². The van der Waals surface area contributed by atoms with Crippen molar-refractivity contribution in [3.63, 3.8) is 0 Å². The van der Waals surface area contributed by atoms with Crippen molar-refractivity contribution < 1.29 is 33.6 Å². The molecule has 21 heteroatoms. The van der Waals surface area contributed by atoms with Crippen molar-refractivity contribution in [1.29, 1.82) is 0 Å². The number of aliphatic imine (C=N–C) groups is 1. The monoisotopic (exact) mass is 652 g/mol. The lowest BCUT2D eigenvalue weighted by atomic mass is 10.0. The van der Waals surface area contributed by atoms with Crippen molar-refractivity contribution in [1.82, 2.24) is 42.5 Å². The first kappa shape index (κ1) is 37.2. The number of guanidine groups is 1. The Kier molecular flexibility index (Phi) is 14.6. The SMILES string of the molecule is C[C@@H]1NC(=O)[C@H](N)CNC(=O)[C@H]([C@@H]2CCN=C(N)N2)NC(=O)/C(=C/NC(N)=O)NC(=O)[C@@H](CNC(=O)C[C@@H](N)CCCN)NC1=O. The average molecular weight is 653 g/mol. The van der Waals surface area contributed by atoms with Crippen LogP contribution in [0.1, 0.15) is 32.6 Å². The van der Waals surface area contributed by atoms with Crippen LogP contribution in [0.4, 0.5) is 4.79 Å². The van der Waals surface area contributed by atoms with Crippen molar-refractivity contribution in [3.8, 4) is 0 Å². The molecule has 1 fully saturated rings. The van der Waals surface area contributed by atoms with Gasteiger partial charge < -0.3 is 71.2 Å². The molecule has 2 aliphatic rings. The van der Waals surface area contributed by atoms with Gasteiger partial charge in [0.1, 0.15) is 29.9 Å². The van der Waals surface area contributed by atoms with Crippen LogP contribution in [0.3, 0.4) is 0 Å². The molecule has 2 rings (SSSR count). The van der Waals surface area contributed by atoms with Crippen molar-refractivity contribution in [3.05, 3.63) is 11.9 Å². The Morgan fingerprint density at radius 2 is 1.76 bits per heavy atom. The maximum Gasteiger partial charge on any atom is 0.316 e. The van der Waals surface area contributed by atoms with Crippen molar-refractivity contribution >= 4 is 47.4 Å². The van der Waals surface area contributed by atoms with Gasteiger partial charge in [-0.1, -0.05) is 0 Å². The highest BCUT2D eigenvalue weighted by Gasteiger charge is 2.34. The van der Waals surface area contributed by atoms with E-state index in [1.807, 2.05) is 0 Å². The van der Waals surface area contributed by atoms with E-state index in [4.69, 9.17) is 28.7 Å². The number of carbonyl (C=O) groups excluding carboxylic acids is 7. The van der Waals surface area contributed by atoms with E-state index in [0.29, 0.717) is 19.4 Å². The van der Waals surface area contributed by atoms with E-state index in [9.17, 15) is 33.6 Å². The second kappa shape index (κ2) is 18.1. The standard InChI is InChI=1S/C25H44N14O7/c1-11-19(41)36-15(9-32-17(40)7-12(27)3-2-5-26)21(43)37-16(10-34-25(30)46)22(44)39-18(14-4-6-31-24(29)38-14)23(45)33-8-13(28)20(42)35-11/h10-15,18H,2-9,26-28H2,1H3,(H,32,40)(H,33,45)(H,35,42)(H,36,41)(H,37,43)(H,39,44)(H3,29,31,38)(H3,30,34,46)/b16-10-/t11-,12-,13+,14-,15+,18-/m0/s1. The Labute approximate surface area is 264 Å². The zero-order valence-electron chi connectivity index (χ0n) is 25.4. The number of nitrogens with one attached hydrogen (secondary N) is 8. The minimum atomic E-state index is -1.52. The van der Waals surface area contributed by atoms with Crippen molar-refractivity contribution in [2.75, 3.05) is 26.2 Å². The third-order valence-corrected chi connectivity index (χ3v) is 6.84. The lowest BCUT2D eigenvalue weighted by molar-refractivity contribution is -0.133. The summed E-state index contributed by atoms with van der Waals surface area (Å²) < 4.78 is 0. The van der Waals surface area contributed by atoms with Gasteiger partial charge in [-0.05, 0) is 32.7 Å². The molecule has 0 saturated carbocycles. The second-order valence-corrected chi connectivity index (χ2v) is 10.7. The molecule has 0 aromatic carbocycles. The first-order valence-electron chi connectivity index (χ1n) is 14.5. The van der Waals surface area contributed by atoms with Crippen LogP contribution in [0.25, 0.3) is 0 Å². The summed E-state index contributed by atoms with van der Waals surface area (Å²) in [7, 11) is 0. The lowest BCUT2D eigenvalue weighted by Crippen LogP contribution is -2.63. The Morgan fingerprint density at radius 3 is 2.41 bits per heavy atom. The first-order chi connectivity index (χ1) is 21.7. The van der Waals surface area contributed by atoms with Gasteiger partial charge in [0.05, 0.1) is 6.04 Å². The summed E-state index contributed by atoms with van der Waals surface area (Å²) in [4.78, 5) is 93.7. The lowest BCUT2D eigenvalue weighted by Gasteiger charge is -2.31.